The third-order valence-corrected chi connectivity index (χ3v) is 8.18. The average molecular weight is 439 g/mol. The summed E-state index contributed by atoms with van der Waals surface area (Å²) in [6.07, 6.45) is 26.1. The molecule has 0 saturated heterocycles. The Kier molecular flexibility index (Phi) is 11.8. The van der Waals surface area contributed by atoms with Crippen LogP contribution >= 0.6 is 0 Å². The lowest BCUT2D eigenvalue weighted by Crippen LogP contribution is -2.16. The van der Waals surface area contributed by atoms with Gasteiger partial charge in [0.1, 0.15) is 5.75 Å². The standard InChI is InChI=1S/C31H50O/c1-3-5-6-7-25-32-31-23-21-30(22-24-31)20-19-29-17-15-28(16-18-29)14-13-27-11-9-26(8-4-2)10-12-27/h17,21-24,26-28H,3-16,18-20,25H2,1-2H3. The van der Waals surface area contributed by atoms with Gasteiger partial charge in [-0.15, -0.1) is 0 Å². The average Bonchev–Trinajstić information content (AvgIpc) is 2.84. The molecule has 1 saturated carbocycles. The third kappa shape index (κ3) is 9.32. The van der Waals surface area contributed by atoms with E-state index in [4.69, 9.17) is 4.74 Å². The topological polar surface area (TPSA) is 9.23 Å². The van der Waals surface area contributed by atoms with E-state index < -0.39 is 0 Å². The van der Waals surface area contributed by atoms with Gasteiger partial charge in [-0.05, 0) is 80.4 Å². The number of unbranched alkanes of at least 4 members (excludes halogenated alkanes) is 3. The lowest BCUT2D eigenvalue weighted by molar-refractivity contribution is 0.236. The number of allylic oxidation sites excluding steroid dienone is 2. The zero-order chi connectivity index (χ0) is 22.4. The molecule has 0 aromatic heterocycles. The van der Waals surface area contributed by atoms with E-state index in [0.717, 1.165) is 30.1 Å². The summed E-state index contributed by atoms with van der Waals surface area (Å²) in [4.78, 5) is 0. The molecule has 3 rings (SSSR count). The number of rotatable bonds is 14. The first-order chi connectivity index (χ1) is 15.8. The smallest absolute Gasteiger partial charge is 0.119 e. The molecule has 0 radical (unpaired) electrons. The monoisotopic (exact) mass is 438 g/mol. The van der Waals surface area contributed by atoms with Crippen molar-refractivity contribution in [2.24, 2.45) is 17.8 Å². The van der Waals surface area contributed by atoms with Crippen molar-refractivity contribution in [2.75, 3.05) is 6.61 Å². The molecule has 1 atom stereocenters. The summed E-state index contributed by atoms with van der Waals surface area (Å²) in [5.41, 5.74) is 3.16. The highest BCUT2D eigenvalue weighted by Crippen LogP contribution is 2.36. The van der Waals surface area contributed by atoms with E-state index >= 15 is 0 Å². The van der Waals surface area contributed by atoms with E-state index in [0.29, 0.717) is 0 Å². The van der Waals surface area contributed by atoms with Crippen molar-refractivity contribution in [1.82, 2.24) is 0 Å². The van der Waals surface area contributed by atoms with Crippen LogP contribution in [0.2, 0.25) is 0 Å². The van der Waals surface area contributed by atoms with Gasteiger partial charge in [-0.25, -0.2) is 0 Å². The van der Waals surface area contributed by atoms with Crippen molar-refractivity contribution in [3.63, 3.8) is 0 Å². The summed E-state index contributed by atoms with van der Waals surface area (Å²) in [6, 6.07) is 8.86. The zero-order valence-electron chi connectivity index (χ0n) is 21.3. The van der Waals surface area contributed by atoms with Crippen LogP contribution in [0.25, 0.3) is 0 Å². The molecule has 1 heteroatoms. The Balaban J connectivity index is 1.28. The summed E-state index contributed by atoms with van der Waals surface area (Å²) < 4.78 is 5.89. The van der Waals surface area contributed by atoms with E-state index in [1.165, 1.54) is 115 Å². The highest BCUT2D eigenvalue weighted by molar-refractivity contribution is 5.28. The summed E-state index contributed by atoms with van der Waals surface area (Å²) >= 11 is 0. The Hall–Kier alpha value is -1.24. The number of hydrogen-bond acceptors (Lipinski definition) is 1. The molecule has 1 unspecified atom stereocenters. The second-order valence-corrected chi connectivity index (χ2v) is 10.8. The highest BCUT2D eigenvalue weighted by atomic mass is 16.5. The van der Waals surface area contributed by atoms with Crippen molar-refractivity contribution < 1.29 is 4.74 Å². The Morgan fingerprint density at radius 2 is 1.44 bits per heavy atom. The van der Waals surface area contributed by atoms with Crippen LogP contribution in [0, 0.1) is 17.8 Å². The van der Waals surface area contributed by atoms with E-state index in [9.17, 15) is 0 Å². The molecule has 180 valence electrons. The lowest BCUT2D eigenvalue weighted by Gasteiger charge is -2.30. The maximum absolute atomic E-state index is 5.89. The first-order valence-electron chi connectivity index (χ1n) is 14.2. The Bertz CT molecular complexity index is 635. The van der Waals surface area contributed by atoms with Crippen molar-refractivity contribution in [1.29, 1.82) is 0 Å². The van der Waals surface area contributed by atoms with Crippen molar-refractivity contribution >= 4 is 0 Å². The molecule has 1 aromatic rings. The largest absolute Gasteiger partial charge is 0.494 e. The Morgan fingerprint density at radius 1 is 0.719 bits per heavy atom. The zero-order valence-corrected chi connectivity index (χ0v) is 21.3. The minimum Gasteiger partial charge on any atom is -0.494 e. The van der Waals surface area contributed by atoms with Crippen LogP contribution in [0.1, 0.15) is 122 Å². The molecule has 1 fully saturated rings. The number of aryl methyl sites for hydroxylation is 1. The molecule has 2 aliphatic carbocycles. The molecule has 2 aliphatic rings. The summed E-state index contributed by atoms with van der Waals surface area (Å²) in [6.45, 7) is 5.45. The fourth-order valence-corrected chi connectivity index (χ4v) is 5.90. The van der Waals surface area contributed by atoms with Crippen LogP contribution in [-0.2, 0) is 6.42 Å². The predicted octanol–water partition coefficient (Wildman–Crippen LogP) is 9.69. The molecule has 0 N–H and O–H groups in total. The van der Waals surface area contributed by atoms with Gasteiger partial charge in [0.05, 0.1) is 6.61 Å². The fraction of sp³-hybridized carbons (Fsp3) is 0.742. The lowest BCUT2D eigenvalue weighted by atomic mass is 9.76. The Morgan fingerprint density at radius 3 is 2.09 bits per heavy atom. The van der Waals surface area contributed by atoms with Gasteiger partial charge in [0, 0.05) is 0 Å². The molecule has 0 bridgehead atoms. The van der Waals surface area contributed by atoms with Gasteiger partial charge in [-0.1, -0.05) is 102 Å². The van der Waals surface area contributed by atoms with E-state index in [1.54, 1.807) is 5.57 Å². The number of ether oxygens (including phenoxy) is 1. The van der Waals surface area contributed by atoms with Gasteiger partial charge in [0.15, 0.2) is 0 Å². The molecule has 0 spiro atoms. The van der Waals surface area contributed by atoms with Gasteiger partial charge in [-0.3, -0.25) is 0 Å². The van der Waals surface area contributed by atoms with Crippen molar-refractivity contribution in [3.05, 3.63) is 41.5 Å². The summed E-state index contributed by atoms with van der Waals surface area (Å²) in [5.74, 6) is 4.08. The molecular weight excluding hydrogens is 388 g/mol. The van der Waals surface area contributed by atoms with Crippen molar-refractivity contribution in [3.8, 4) is 5.75 Å². The van der Waals surface area contributed by atoms with Crippen molar-refractivity contribution in [2.45, 2.75) is 123 Å². The van der Waals surface area contributed by atoms with Crippen LogP contribution in [0.3, 0.4) is 0 Å². The number of benzene rings is 1. The van der Waals surface area contributed by atoms with Gasteiger partial charge in [0.25, 0.3) is 0 Å². The van der Waals surface area contributed by atoms with Crippen LogP contribution < -0.4 is 4.74 Å². The van der Waals surface area contributed by atoms with Gasteiger partial charge < -0.3 is 4.74 Å². The predicted molar refractivity (Wildman–Crippen MR) is 139 cm³/mol. The number of hydrogen-bond donors (Lipinski definition) is 0. The van der Waals surface area contributed by atoms with E-state index in [1.807, 2.05) is 0 Å². The molecular formula is C31H50O. The van der Waals surface area contributed by atoms with Crippen LogP contribution in [0.4, 0.5) is 0 Å². The van der Waals surface area contributed by atoms with Crippen LogP contribution in [-0.4, -0.2) is 6.61 Å². The molecule has 32 heavy (non-hydrogen) atoms. The second kappa shape index (κ2) is 14.8. The molecule has 0 heterocycles. The Labute approximate surface area is 199 Å². The first kappa shape index (κ1) is 25.4. The maximum atomic E-state index is 5.89. The minimum absolute atomic E-state index is 0.855. The summed E-state index contributed by atoms with van der Waals surface area (Å²) in [5, 5.41) is 0. The quantitative estimate of drug-likeness (QED) is 0.207. The van der Waals surface area contributed by atoms with Crippen LogP contribution in [0.5, 0.6) is 5.75 Å². The van der Waals surface area contributed by atoms with Crippen LogP contribution in [0.15, 0.2) is 35.9 Å². The molecule has 1 nitrogen and oxygen atoms in total. The molecule has 0 aliphatic heterocycles. The summed E-state index contributed by atoms with van der Waals surface area (Å²) in [7, 11) is 0. The molecule has 0 amide bonds. The SMILES string of the molecule is CCCCCCOc1ccc(CCC2=CCC(CCC3CCC(CCC)CC3)CC2)cc1. The minimum atomic E-state index is 0.855. The normalized spacial score (nSPS) is 23.7. The van der Waals surface area contributed by atoms with Gasteiger partial charge in [-0.2, -0.15) is 0 Å². The fourth-order valence-electron chi connectivity index (χ4n) is 5.90. The third-order valence-electron chi connectivity index (χ3n) is 8.18. The highest BCUT2D eigenvalue weighted by Gasteiger charge is 2.22. The van der Waals surface area contributed by atoms with E-state index in [-0.39, 0.29) is 0 Å². The maximum Gasteiger partial charge on any atom is 0.119 e. The first-order valence-corrected chi connectivity index (χ1v) is 14.2. The van der Waals surface area contributed by atoms with Gasteiger partial charge >= 0.3 is 0 Å². The van der Waals surface area contributed by atoms with E-state index in [2.05, 4.69) is 44.2 Å². The second-order valence-electron chi connectivity index (χ2n) is 10.8. The molecule has 1 aromatic carbocycles. The van der Waals surface area contributed by atoms with Gasteiger partial charge in [0.2, 0.25) is 0 Å².